The summed E-state index contributed by atoms with van der Waals surface area (Å²) in [5, 5.41) is 3.06. The molecular formula is C66H124N2O7P+. The first-order valence-electron chi connectivity index (χ1n) is 32.1. The fourth-order valence-electron chi connectivity index (χ4n) is 9.22. The van der Waals surface area contributed by atoms with E-state index in [1.165, 1.54) is 173 Å². The van der Waals surface area contributed by atoms with Crippen LogP contribution in [-0.4, -0.2) is 74.3 Å². The molecule has 10 heteroatoms. The number of ether oxygens (including phenoxy) is 1. The number of carbonyl (C=O) groups is 2. The molecule has 0 fully saturated rings. The van der Waals surface area contributed by atoms with Gasteiger partial charge in [0.15, 0.2) is 0 Å². The van der Waals surface area contributed by atoms with Gasteiger partial charge in [-0.1, -0.05) is 268 Å². The van der Waals surface area contributed by atoms with E-state index < -0.39 is 20.0 Å². The number of hydrogen-bond donors (Lipinski definition) is 2. The Bertz CT molecular complexity index is 1490. The van der Waals surface area contributed by atoms with Gasteiger partial charge in [-0.05, 0) is 76.7 Å². The molecule has 0 bridgehead atoms. The lowest BCUT2D eigenvalue weighted by Crippen LogP contribution is -2.47. The summed E-state index contributed by atoms with van der Waals surface area (Å²) < 4.78 is 30.7. The predicted octanol–water partition coefficient (Wildman–Crippen LogP) is 19.8. The van der Waals surface area contributed by atoms with E-state index in [-0.39, 0.29) is 31.5 Å². The zero-order valence-electron chi connectivity index (χ0n) is 50.7. The maximum absolute atomic E-state index is 13.5. The Kier molecular flexibility index (Phi) is 54.3. The van der Waals surface area contributed by atoms with Crippen molar-refractivity contribution in [1.29, 1.82) is 0 Å². The zero-order valence-corrected chi connectivity index (χ0v) is 51.6. The number of amides is 1. The molecule has 3 atom stereocenters. The number of carbonyl (C=O) groups excluding carboxylic acids is 2. The molecule has 0 aliphatic carbocycles. The highest BCUT2D eigenvalue weighted by Gasteiger charge is 2.30. The zero-order chi connectivity index (χ0) is 55.7. The van der Waals surface area contributed by atoms with E-state index in [4.69, 9.17) is 13.8 Å². The summed E-state index contributed by atoms with van der Waals surface area (Å²) >= 11 is 0. The number of rotatable bonds is 58. The fourth-order valence-corrected chi connectivity index (χ4v) is 9.95. The molecule has 0 saturated carbocycles. The molecule has 0 aliphatic heterocycles. The van der Waals surface area contributed by atoms with Gasteiger partial charge in [0.05, 0.1) is 33.8 Å². The van der Waals surface area contributed by atoms with Crippen LogP contribution in [0.5, 0.6) is 0 Å². The molecule has 2 N–H and O–H groups in total. The number of quaternary nitrogens is 1. The standard InChI is InChI=1S/C66H123N2O7P/c1-7-10-13-16-19-22-25-28-30-31-32-33-34-35-36-37-38-41-44-47-50-53-56-59-66(70)75-64(57-54-51-48-45-42-39-27-24-21-18-15-12-9-3)63(62-74-76(71,72)73-61-60-68(4,5)6)67-65(69)58-55-52-49-46-43-40-29-26-23-20-17-14-11-8-2/h19,22,28,30,32-33,35-36,54,57,63-64H,7-18,20-21,23-27,29,31,34,37-53,55-56,58-62H2,1-6H3,(H-,67,69,71,72)/p+1/b22-19-,30-28-,33-32-,36-35-,57-54+. The van der Waals surface area contributed by atoms with Crippen molar-refractivity contribution in [3.8, 4) is 0 Å². The van der Waals surface area contributed by atoms with Crippen molar-refractivity contribution in [3.63, 3.8) is 0 Å². The molecule has 0 rings (SSSR count). The Morgan fingerprint density at radius 2 is 0.803 bits per heavy atom. The van der Waals surface area contributed by atoms with Crippen molar-refractivity contribution in [2.24, 2.45) is 0 Å². The van der Waals surface area contributed by atoms with Crippen molar-refractivity contribution in [3.05, 3.63) is 60.8 Å². The number of likely N-dealkylation sites (N-methyl/N-ethyl adjacent to an activating group) is 1. The second-order valence-corrected chi connectivity index (χ2v) is 24.4. The van der Waals surface area contributed by atoms with Crippen LogP contribution in [0.3, 0.4) is 0 Å². The number of esters is 1. The van der Waals surface area contributed by atoms with E-state index in [1.54, 1.807) is 0 Å². The minimum Gasteiger partial charge on any atom is -0.456 e. The summed E-state index contributed by atoms with van der Waals surface area (Å²) in [5.74, 6) is -0.508. The monoisotopic (exact) mass is 1090 g/mol. The minimum absolute atomic E-state index is 0.0385. The number of phosphoric ester groups is 1. The van der Waals surface area contributed by atoms with Crippen molar-refractivity contribution < 1.29 is 37.3 Å². The van der Waals surface area contributed by atoms with Crippen molar-refractivity contribution in [1.82, 2.24) is 5.32 Å². The van der Waals surface area contributed by atoms with Gasteiger partial charge in [-0.25, -0.2) is 4.57 Å². The predicted molar refractivity (Wildman–Crippen MR) is 328 cm³/mol. The molecule has 3 unspecified atom stereocenters. The number of unbranched alkanes of at least 4 members (excludes halogenated alkanes) is 34. The molecule has 0 aromatic rings. The van der Waals surface area contributed by atoms with Gasteiger partial charge in [0.2, 0.25) is 5.91 Å². The highest BCUT2D eigenvalue weighted by molar-refractivity contribution is 7.47. The van der Waals surface area contributed by atoms with E-state index >= 15 is 0 Å². The van der Waals surface area contributed by atoms with Crippen LogP contribution in [0.15, 0.2) is 60.8 Å². The van der Waals surface area contributed by atoms with Gasteiger partial charge >= 0.3 is 13.8 Å². The molecule has 0 spiro atoms. The summed E-state index contributed by atoms with van der Waals surface area (Å²) in [6.45, 7) is 7.00. The van der Waals surface area contributed by atoms with Gasteiger partial charge < -0.3 is 19.4 Å². The van der Waals surface area contributed by atoms with Gasteiger partial charge in [0.1, 0.15) is 19.3 Å². The van der Waals surface area contributed by atoms with Crippen LogP contribution in [0.25, 0.3) is 0 Å². The minimum atomic E-state index is -4.45. The Labute approximate surface area is 471 Å². The maximum atomic E-state index is 13.5. The summed E-state index contributed by atoms with van der Waals surface area (Å²) in [7, 11) is 1.49. The third-order valence-electron chi connectivity index (χ3n) is 14.2. The van der Waals surface area contributed by atoms with E-state index in [9.17, 15) is 19.0 Å². The van der Waals surface area contributed by atoms with E-state index in [1.807, 2.05) is 33.3 Å². The smallest absolute Gasteiger partial charge is 0.456 e. The van der Waals surface area contributed by atoms with Crippen LogP contribution < -0.4 is 5.32 Å². The lowest BCUT2D eigenvalue weighted by atomic mass is 10.0. The van der Waals surface area contributed by atoms with Gasteiger partial charge in [-0.15, -0.1) is 0 Å². The fraction of sp³-hybridized carbons (Fsp3) is 0.818. The SMILES string of the molecule is CCCCC/C=C\C/C=C\C/C=C\C/C=C\CCCCCCCCCC(=O)OC(/C=C/CCCCCCCCCCCCC)C(COP(=O)(O)OCC[N+](C)(C)C)NC(=O)CCCCCCCCCCCCCCCC. The van der Waals surface area contributed by atoms with Crippen molar-refractivity contribution in [2.45, 2.75) is 309 Å². The van der Waals surface area contributed by atoms with Crippen LogP contribution >= 0.6 is 7.82 Å². The number of nitrogens with one attached hydrogen (secondary N) is 1. The molecule has 0 aromatic heterocycles. The summed E-state index contributed by atoms with van der Waals surface area (Å²) in [4.78, 5) is 37.7. The largest absolute Gasteiger partial charge is 0.472 e. The molecule has 444 valence electrons. The van der Waals surface area contributed by atoms with Crippen molar-refractivity contribution in [2.75, 3.05) is 40.9 Å². The van der Waals surface area contributed by atoms with Gasteiger partial charge in [0, 0.05) is 12.8 Å². The lowest BCUT2D eigenvalue weighted by molar-refractivity contribution is -0.870. The lowest BCUT2D eigenvalue weighted by Gasteiger charge is -2.27. The highest BCUT2D eigenvalue weighted by Crippen LogP contribution is 2.43. The summed E-state index contributed by atoms with van der Waals surface area (Å²) in [5.41, 5.74) is 0. The number of phosphoric acid groups is 1. The van der Waals surface area contributed by atoms with Crippen LogP contribution in [0.2, 0.25) is 0 Å². The molecule has 9 nitrogen and oxygen atoms in total. The summed E-state index contributed by atoms with van der Waals surface area (Å²) in [6, 6.07) is -0.852. The van der Waals surface area contributed by atoms with Crippen molar-refractivity contribution >= 4 is 19.7 Å². The quantitative estimate of drug-likeness (QED) is 0.0205. The first-order valence-corrected chi connectivity index (χ1v) is 33.6. The number of nitrogens with zero attached hydrogens (tertiary/aromatic N) is 1. The number of allylic oxidation sites excluding steroid dienone is 9. The Morgan fingerprint density at radius 1 is 0.461 bits per heavy atom. The average Bonchev–Trinajstić information content (AvgIpc) is 3.38. The maximum Gasteiger partial charge on any atom is 0.472 e. The van der Waals surface area contributed by atoms with Crippen LogP contribution in [0.1, 0.15) is 297 Å². The average molecular weight is 1090 g/mol. The second-order valence-electron chi connectivity index (χ2n) is 22.9. The van der Waals surface area contributed by atoms with Crippen LogP contribution in [0.4, 0.5) is 0 Å². The molecule has 0 saturated heterocycles. The molecule has 0 aliphatic rings. The van der Waals surface area contributed by atoms with E-state index in [0.29, 0.717) is 17.4 Å². The molecule has 0 heterocycles. The number of hydrogen-bond acceptors (Lipinski definition) is 6. The van der Waals surface area contributed by atoms with Crippen LogP contribution in [0, 0.1) is 0 Å². The van der Waals surface area contributed by atoms with Crippen LogP contribution in [-0.2, 0) is 27.9 Å². The third-order valence-corrected chi connectivity index (χ3v) is 15.2. The third kappa shape index (κ3) is 56.4. The first kappa shape index (κ1) is 73.7. The highest BCUT2D eigenvalue weighted by atomic mass is 31.2. The van der Waals surface area contributed by atoms with Gasteiger partial charge in [-0.2, -0.15) is 0 Å². The molecule has 0 aromatic carbocycles. The van der Waals surface area contributed by atoms with Gasteiger partial charge in [-0.3, -0.25) is 18.6 Å². The van der Waals surface area contributed by atoms with E-state index in [0.717, 1.165) is 89.9 Å². The molecule has 1 amide bonds. The molecular weight excluding hydrogens is 964 g/mol. The normalized spacial score (nSPS) is 14.0. The Balaban J connectivity index is 5.23. The van der Waals surface area contributed by atoms with E-state index in [2.05, 4.69) is 74.7 Å². The molecule has 0 radical (unpaired) electrons. The van der Waals surface area contributed by atoms with Gasteiger partial charge in [0.25, 0.3) is 0 Å². The first-order chi connectivity index (χ1) is 36.9. The molecule has 76 heavy (non-hydrogen) atoms. The topological polar surface area (TPSA) is 111 Å². The summed E-state index contributed by atoms with van der Waals surface area (Å²) in [6.07, 6.45) is 70.7. The second kappa shape index (κ2) is 56.0. The Hall–Kier alpha value is -2.29. The Morgan fingerprint density at radius 3 is 1.22 bits per heavy atom.